The quantitative estimate of drug-likeness (QED) is 0.829. The summed E-state index contributed by atoms with van der Waals surface area (Å²) in [6, 6.07) is 10.1. The third-order valence-corrected chi connectivity index (χ3v) is 2.88. The van der Waals surface area contributed by atoms with Gasteiger partial charge in [-0.2, -0.15) is 0 Å². The molecule has 2 rings (SSSR count). The van der Waals surface area contributed by atoms with Gasteiger partial charge in [-0.05, 0) is 30.5 Å². The van der Waals surface area contributed by atoms with Gasteiger partial charge in [0.2, 0.25) is 5.91 Å². The maximum atomic E-state index is 11.7. The standard InChI is InChI=1S/C15H18N2O/c1-12-2-4-13(5-3-12)10-15(18)17-9-7-14-6-8-16-11-14/h2-6,8,11,16H,7,9-10H2,1H3,(H,17,18). The molecule has 1 amide bonds. The Labute approximate surface area is 107 Å². The minimum atomic E-state index is 0.0781. The van der Waals surface area contributed by atoms with E-state index >= 15 is 0 Å². The normalized spacial score (nSPS) is 10.3. The van der Waals surface area contributed by atoms with Crippen LogP contribution in [0.2, 0.25) is 0 Å². The summed E-state index contributed by atoms with van der Waals surface area (Å²) < 4.78 is 0. The van der Waals surface area contributed by atoms with Gasteiger partial charge >= 0.3 is 0 Å². The molecule has 0 spiro atoms. The van der Waals surface area contributed by atoms with Crippen LogP contribution in [0.5, 0.6) is 0 Å². The molecule has 1 aromatic carbocycles. The molecular weight excluding hydrogens is 224 g/mol. The van der Waals surface area contributed by atoms with Crippen LogP contribution in [0.25, 0.3) is 0 Å². The number of nitrogens with one attached hydrogen (secondary N) is 2. The zero-order valence-corrected chi connectivity index (χ0v) is 10.6. The predicted octanol–water partition coefficient (Wildman–Crippen LogP) is 2.22. The van der Waals surface area contributed by atoms with Crippen molar-refractivity contribution < 1.29 is 4.79 Å². The molecule has 2 aromatic rings. The fraction of sp³-hybridized carbons (Fsp3) is 0.267. The molecule has 0 fully saturated rings. The third-order valence-electron chi connectivity index (χ3n) is 2.88. The Morgan fingerprint density at radius 1 is 1.17 bits per heavy atom. The lowest BCUT2D eigenvalue weighted by atomic mass is 10.1. The number of rotatable bonds is 5. The van der Waals surface area contributed by atoms with Crippen molar-refractivity contribution in [1.29, 1.82) is 0 Å². The van der Waals surface area contributed by atoms with Crippen molar-refractivity contribution in [3.05, 3.63) is 59.4 Å². The smallest absolute Gasteiger partial charge is 0.224 e. The van der Waals surface area contributed by atoms with Gasteiger partial charge in [-0.3, -0.25) is 4.79 Å². The van der Waals surface area contributed by atoms with Gasteiger partial charge in [-0.15, -0.1) is 0 Å². The number of aryl methyl sites for hydroxylation is 1. The second-order valence-corrected chi connectivity index (χ2v) is 4.48. The van der Waals surface area contributed by atoms with E-state index in [2.05, 4.69) is 10.3 Å². The molecule has 0 aliphatic heterocycles. The second kappa shape index (κ2) is 6.05. The summed E-state index contributed by atoms with van der Waals surface area (Å²) in [5, 5.41) is 2.93. The highest BCUT2D eigenvalue weighted by atomic mass is 16.1. The van der Waals surface area contributed by atoms with Gasteiger partial charge < -0.3 is 10.3 Å². The van der Waals surface area contributed by atoms with Crippen molar-refractivity contribution in [3.63, 3.8) is 0 Å². The topological polar surface area (TPSA) is 44.9 Å². The van der Waals surface area contributed by atoms with E-state index in [1.54, 1.807) is 0 Å². The Kier molecular flexibility index (Phi) is 4.18. The minimum Gasteiger partial charge on any atom is -0.367 e. The number of amides is 1. The van der Waals surface area contributed by atoms with Crippen LogP contribution >= 0.6 is 0 Å². The largest absolute Gasteiger partial charge is 0.367 e. The van der Waals surface area contributed by atoms with Crippen LogP contribution in [0.4, 0.5) is 0 Å². The van der Waals surface area contributed by atoms with Crippen molar-refractivity contribution >= 4 is 5.91 Å². The number of aromatic amines is 1. The molecule has 0 aliphatic rings. The highest BCUT2D eigenvalue weighted by molar-refractivity contribution is 5.78. The van der Waals surface area contributed by atoms with E-state index in [0.717, 1.165) is 12.0 Å². The van der Waals surface area contributed by atoms with E-state index < -0.39 is 0 Å². The maximum absolute atomic E-state index is 11.7. The number of carbonyl (C=O) groups excluding carboxylic acids is 1. The van der Waals surface area contributed by atoms with Gasteiger partial charge in [0.1, 0.15) is 0 Å². The first kappa shape index (κ1) is 12.4. The monoisotopic (exact) mass is 242 g/mol. The molecule has 1 heterocycles. The van der Waals surface area contributed by atoms with Crippen LogP contribution in [-0.2, 0) is 17.6 Å². The zero-order valence-electron chi connectivity index (χ0n) is 10.6. The van der Waals surface area contributed by atoms with Gasteiger partial charge in [0.15, 0.2) is 0 Å². The third kappa shape index (κ3) is 3.77. The predicted molar refractivity (Wildman–Crippen MR) is 72.4 cm³/mol. The summed E-state index contributed by atoms with van der Waals surface area (Å²) in [5.74, 6) is 0.0781. The highest BCUT2D eigenvalue weighted by Crippen LogP contribution is 2.03. The molecule has 0 saturated heterocycles. The van der Waals surface area contributed by atoms with Crippen molar-refractivity contribution in [3.8, 4) is 0 Å². The van der Waals surface area contributed by atoms with Crippen molar-refractivity contribution in [1.82, 2.24) is 10.3 Å². The molecular formula is C15H18N2O. The van der Waals surface area contributed by atoms with Crippen LogP contribution in [0.15, 0.2) is 42.7 Å². The van der Waals surface area contributed by atoms with Crippen LogP contribution in [-0.4, -0.2) is 17.4 Å². The summed E-state index contributed by atoms with van der Waals surface area (Å²) in [5.41, 5.74) is 3.48. The molecule has 0 bridgehead atoms. The van der Waals surface area contributed by atoms with Crippen molar-refractivity contribution in [2.45, 2.75) is 19.8 Å². The van der Waals surface area contributed by atoms with E-state index in [9.17, 15) is 4.79 Å². The van der Waals surface area contributed by atoms with Gasteiger partial charge in [0.25, 0.3) is 0 Å². The number of carbonyl (C=O) groups is 1. The second-order valence-electron chi connectivity index (χ2n) is 4.48. The molecule has 0 saturated carbocycles. The lowest BCUT2D eigenvalue weighted by Gasteiger charge is -2.05. The van der Waals surface area contributed by atoms with Crippen LogP contribution in [0, 0.1) is 6.92 Å². The summed E-state index contributed by atoms with van der Waals surface area (Å²) in [7, 11) is 0. The minimum absolute atomic E-state index is 0.0781. The molecule has 0 unspecified atom stereocenters. The summed E-state index contributed by atoms with van der Waals surface area (Å²) in [6.07, 6.45) is 5.16. The van der Waals surface area contributed by atoms with E-state index in [0.29, 0.717) is 13.0 Å². The van der Waals surface area contributed by atoms with Gasteiger partial charge in [0, 0.05) is 18.9 Å². The SMILES string of the molecule is Cc1ccc(CC(=O)NCCc2cc[nH]c2)cc1. The Balaban J connectivity index is 1.73. The number of benzene rings is 1. The first-order valence-corrected chi connectivity index (χ1v) is 6.18. The van der Waals surface area contributed by atoms with E-state index in [-0.39, 0.29) is 5.91 Å². The van der Waals surface area contributed by atoms with Crippen LogP contribution in [0.1, 0.15) is 16.7 Å². The highest BCUT2D eigenvalue weighted by Gasteiger charge is 2.02. The van der Waals surface area contributed by atoms with E-state index in [4.69, 9.17) is 0 Å². The van der Waals surface area contributed by atoms with E-state index in [1.807, 2.05) is 49.6 Å². The molecule has 18 heavy (non-hydrogen) atoms. The van der Waals surface area contributed by atoms with Gasteiger partial charge in [0.05, 0.1) is 6.42 Å². The molecule has 3 heteroatoms. The first-order chi connectivity index (χ1) is 8.74. The molecule has 0 aliphatic carbocycles. The molecule has 3 nitrogen and oxygen atoms in total. The van der Waals surface area contributed by atoms with Crippen molar-refractivity contribution in [2.75, 3.05) is 6.54 Å². The lowest BCUT2D eigenvalue weighted by Crippen LogP contribution is -2.27. The molecule has 0 atom stereocenters. The Morgan fingerprint density at radius 3 is 2.61 bits per heavy atom. The summed E-state index contributed by atoms with van der Waals surface area (Å²) in [4.78, 5) is 14.7. The number of H-pyrrole nitrogens is 1. The maximum Gasteiger partial charge on any atom is 0.224 e. The Hall–Kier alpha value is -2.03. The van der Waals surface area contributed by atoms with Crippen LogP contribution in [0.3, 0.4) is 0 Å². The van der Waals surface area contributed by atoms with Gasteiger partial charge in [-0.25, -0.2) is 0 Å². The molecule has 0 radical (unpaired) electrons. The molecule has 94 valence electrons. The van der Waals surface area contributed by atoms with Crippen LogP contribution < -0.4 is 5.32 Å². The van der Waals surface area contributed by atoms with Crippen molar-refractivity contribution in [2.24, 2.45) is 0 Å². The fourth-order valence-electron chi connectivity index (χ4n) is 1.81. The molecule has 2 N–H and O–H groups in total. The average Bonchev–Trinajstić information content (AvgIpc) is 2.85. The summed E-state index contributed by atoms with van der Waals surface area (Å²) in [6.45, 7) is 2.73. The Morgan fingerprint density at radius 2 is 1.94 bits per heavy atom. The number of hydrogen-bond acceptors (Lipinski definition) is 1. The number of hydrogen-bond donors (Lipinski definition) is 2. The average molecular weight is 242 g/mol. The van der Waals surface area contributed by atoms with Gasteiger partial charge in [-0.1, -0.05) is 29.8 Å². The zero-order chi connectivity index (χ0) is 12.8. The lowest BCUT2D eigenvalue weighted by molar-refractivity contribution is -0.120. The first-order valence-electron chi connectivity index (χ1n) is 6.18. The fourth-order valence-corrected chi connectivity index (χ4v) is 1.81. The Bertz CT molecular complexity index is 486. The number of aromatic nitrogens is 1. The molecule has 1 aromatic heterocycles. The van der Waals surface area contributed by atoms with E-state index in [1.165, 1.54) is 11.1 Å². The summed E-state index contributed by atoms with van der Waals surface area (Å²) >= 11 is 0.